The van der Waals surface area contributed by atoms with Gasteiger partial charge >= 0.3 is 0 Å². The maximum atomic E-state index is 13.0. The summed E-state index contributed by atoms with van der Waals surface area (Å²) in [6.07, 6.45) is 2.54. The van der Waals surface area contributed by atoms with E-state index in [1.54, 1.807) is 30.3 Å². The van der Waals surface area contributed by atoms with Crippen LogP contribution in [-0.2, 0) is 22.7 Å². The van der Waals surface area contributed by atoms with Crippen molar-refractivity contribution in [1.82, 2.24) is 30.6 Å². The van der Waals surface area contributed by atoms with Gasteiger partial charge in [-0.1, -0.05) is 103 Å². The first-order valence-corrected chi connectivity index (χ1v) is 19.7. The second-order valence-corrected chi connectivity index (χ2v) is 16.2. The summed E-state index contributed by atoms with van der Waals surface area (Å²) in [6, 6.07) is 30.8. The zero-order chi connectivity index (χ0) is 43.1. The van der Waals surface area contributed by atoms with E-state index < -0.39 is 0 Å². The summed E-state index contributed by atoms with van der Waals surface area (Å²) in [6.45, 7) is 20.3. The first kappa shape index (κ1) is 45.8. The molecular formula is C46H53ClF3N9. The average molecular weight is 824 g/mol. The summed E-state index contributed by atoms with van der Waals surface area (Å²) >= 11 is 5.68. The second-order valence-electron chi connectivity index (χ2n) is 15.8. The Bertz CT molecular complexity index is 2160. The van der Waals surface area contributed by atoms with Gasteiger partial charge in [-0.15, -0.1) is 25.5 Å². The molecule has 3 aromatic heterocycles. The average Bonchev–Trinajstić information content (AvgIpc) is 3.23. The summed E-state index contributed by atoms with van der Waals surface area (Å²) in [5.74, 6) is 1.49. The van der Waals surface area contributed by atoms with E-state index in [0.29, 0.717) is 36.4 Å². The molecule has 0 radical (unpaired) electrons. The van der Waals surface area contributed by atoms with Gasteiger partial charge in [0.15, 0.2) is 5.15 Å². The number of anilines is 3. The first-order valence-electron chi connectivity index (χ1n) is 19.3. The van der Waals surface area contributed by atoms with Crippen LogP contribution in [0.4, 0.5) is 30.6 Å². The number of rotatable bonds is 14. The van der Waals surface area contributed by atoms with Crippen LogP contribution in [0.1, 0.15) is 76.5 Å². The van der Waals surface area contributed by atoms with Gasteiger partial charge in [-0.05, 0) is 102 Å². The standard InChI is InChI=1S/C16H20FN3.C16H18FN3.C14H15ClFN3/c2*1-4-14-9-10-15(20-19-14)18-11-16(2,3)12-5-7-13(17)8-6-12;1-14(2,10-3-5-11(16)6-4-10)9-17-13-8-7-12(15)18-19-13/h5-10H,4,11H2,1-3H3,(H,18,20);4-10H,1,11H2,2-3H3,(H,18,20);3-8H,9H2,1-2H3,(H,17,19). The van der Waals surface area contributed by atoms with Crippen molar-refractivity contribution in [2.24, 2.45) is 0 Å². The molecule has 0 bridgehead atoms. The number of aromatic nitrogens is 6. The number of nitrogens with zero attached hydrogens (tertiary/aromatic N) is 6. The molecule has 3 aromatic carbocycles. The molecule has 0 aliphatic heterocycles. The Balaban J connectivity index is 0.000000196. The molecule has 6 rings (SSSR count). The van der Waals surface area contributed by atoms with Crippen molar-refractivity contribution in [1.29, 1.82) is 0 Å². The van der Waals surface area contributed by atoms with E-state index >= 15 is 0 Å². The third-order valence-corrected chi connectivity index (χ3v) is 9.82. The fourth-order valence-electron chi connectivity index (χ4n) is 5.54. The Hall–Kier alpha value is -5.88. The van der Waals surface area contributed by atoms with Gasteiger partial charge in [0.25, 0.3) is 0 Å². The van der Waals surface area contributed by atoms with Crippen LogP contribution in [0.3, 0.4) is 0 Å². The van der Waals surface area contributed by atoms with E-state index in [-0.39, 0.29) is 33.7 Å². The normalized spacial score (nSPS) is 11.3. The zero-order valence-corrected chi connectivity index (χ0v) is 35.5. The van der Waals surface area contributed by atoms with Crippen molar-refractivity contribution in [2.75, 3.05) is 35.6 Å². The molecule has 0 spiro atoms. The fraction of sp³-hybridized carbons (Fsp3) is 0.304. The van der Waals surface area contributed by atoms with Gasteiger partial charge in [0, 0.05) is 35.9 Å². The summed E-state index contributed by atoms with van der Waals surface area (Å²) in [7, 11) is 0. The lowest BCUT2D eigenvalue weighted by Crippen LogP contribution is -2.28. The zero-order valence-electron chi connectivity index (χ0n) is 34.7. The highest BCUT2D eigenvalue weighted by atomic mass is 35.5. The predicted octanol–water partition coefficient (Wildman–Crippen LogP) is 10.9. The highest BCUT2D eigenvalue weighted by Gasteiger charge is 2.22. The third-order valence-electron chi connectivity index (χ3n) is 9.62. The lowest BCUT2D eigenvalue weighted by molar-refractivity contribution is 0.551. The molecule has 9 nitrogen and oxygen atoms in total. The van der Waals surface area contributed by atoms with Crippen LogP contribution in [0.15, 0.2) is 116 Å². The van der Waals surface area contributed by atoms with Gasteiger partial charge in [0.05, 0.1) is 11.4 Å². The van der Waals surface area contributed by atoms with Crippen molar-refractivity contribution in [3.05, 3.63) is 166 Å². The fourth-order valence-corrected chi connectivity index (χ4v) is 5.64. The van der Waals surface area contributed by atoms with Crippen molar-refractivity contribution >= 4 is 35.1 Å². The molecule has 3 heterocycles. The van der Waals surface area contributed by atoms with Crippen LogP contribution in [0.5, 0.6) is 0 Å². The van der Waals surface area contributed by atoms with Crippen molar-refractivity contribution < 1.29 is 13.2 Å². The maximum Gasteiger partial charge on any atom is 0.151 e. The monoisotopic (exact) mass is 823 g/mol. The molecule has 0 saturated heterocycles. The molecule has 0 aliphatic rings. The van der Waals surface area contributed by atoms with Crippen LogP contribution >= 0.6 is 11.6 Å². The molecule has 0 atom stereocenters. The van der Waals surface area contributed by atoms with E-state index in [4.69, 9.17) is 11.6 Å². The minimum atomic E-state index is -0.226. The maximum absolute atomic E-state index is 13.0. The smallest absolute Gasteiger partial charge is 0.151 e. The predicted molar refractivity (Wildman–Crippen MR) is 234 cm³/mol. The Morgan fingerprint density at radius 2 is 0.847 bits per heavy atom. The minimum Gasteiger partial charge on any atom is -0.368 e. The molecular weight excluding hydrogens is 771 g/mol. The molecule has 0 saturated carbocycles. The van der Waals surface area contributed by atoms with Gasteiger partial charge in [0.1, 0.15) is 34.9 Å². The van der Waals surface area contributed by atoms with E-state index in [2.05, 4.69) is 102 Å². The Morgan fingerprint density at radius 1 is 0.492 bits per heavy atom. The topological polar surface area (TPSA) is 113 Å². The lowest BCUT2D eigenvalue weighted by atomic mass is 9.84. The summed E-state index contributed by atoms with van der Waals surface area (Å²) in [5, 5.41) is 34.1. The van der Waals surface area contributed by atoms with Gasteiger partial charge < -0.3 is 16.0 Å². The number of benzene rings is 3. The van der Waals surface area contributed by atoms with Gasteiger partial charge in [-0.25, -0.2) is 13.2 Å². The van der Waals surface area contributed by atoms with Crippen LogP contribution in [0.2, 0.25) is 5.15 Å². The first-order chi connectivity index (χ1) is 28.0. The van der Waals surface area contributed by atoms with E-state index in [1.807, 2.05) is 48.5 Å². The SMILES string of the molecule is C=Cc1ccc(NCC(C)(C)c2ccc(F)cc2)nn1.CC(C)(CNc1ccc(Cl)nn1)c1ccc(F)cc1.CCc1ccc(NCC(C)(C)c2ccc(F)cc2)nn1. The number of halogens is 4. The molecule has 6 aromatic rings. The third kappa shape index (κ3) is 14.8. The van der Waals surface area contributed by atoms with Crippen LogP contribution < -0.4 is 16.0 Å². The van der Waals surface area contributed by atoms with E-state index in [1.165, 1.54) is 36.4 Å². The number of hydrogen-bond donors (Lipinski definition) is 3. The number of hydrogen-bond acceptors (Lipinski definition) is 9. The van der Waals surface area contributed by atoms with E-state index in [9.17, 15) is 13.2 Å². The highest BCUT2D eigenvalue weighted by molar-refractivity contribution is 6.29. The van der Waals surface area contributed by atoms with Crippen molar-refractivity contribution in [3.63, 3.8) is 0 Å². The van der Waals surface area contributed by atoms with Crippen LogP contribution in [0.25, 0.3) is 6.08 Å². The summed E-state index contributed by atoms with van der Waals surface area (Å²) < 4.78 is 38.8. The summed E-state index contributed by atoms with van der Waals surface area (Å²) in [5.41, 5.74) is 4.55. The van der Waals surface area contributed by atoms with Gasteiger partial charge in [-0.2, -0.15) is 5.10 Å². The molecule has 0 fully saturated rings. The molecule has 0 amide bonds. The molecule has 0 aliphatic carbocycles. The Kier molecular flexibility index (Phi) is 16.5. The Morgan fingerprint density at radius 3 is 1.14 bits per heavy atom. The number of nitrogens with one attached hydrogen (secondary N) is 3. The van der Waals surface area contributed by atoms with Crippen LogP contribution in [-0.4, -0.2) is 50.2 Å². The van der Waals surface area contributed by atoms with Crippen LogP contribution in [0, 0.1) is 17.5 Å². The molecule has 310 valence electrons. The van der Waals surface area contributed by atoms with Crippen molar-refractivity contribution in [2.45, 2.75) is 71.1 Å². The lowest BCUT2D eigenvalue weighted by Gasteiger charge is -2.25. The molecule has 0 unspecified atom stereocenters. The largest absolute Gasteiger partial charge is 0.368 e. The summed E-state index contributed by atoms with van der Waals surface area (Å²) in [4.78, 5) is 0. The minimum absolute atomic E-state index is 0.112. The van der Waals surface area contributed by atoms with Gasteiger partial charge in [0.2, 0.25) is 0 Å². The van der Waals surface area contributed by atoms with Crippen molar-refractivity contribution in [3.8, 4) is 0 Å². The Labute approximate surface area is 351 Å². The second kappa shape index (κ2) is 21.2. The molecule has 3 N–H and O–H groups in total. The van der Waals surface area contributed by atoms with E-state index in [0.717, 1.165) is 40.3 Å². The highest BCUT2D eigenvalue weighted by Crippen LogP contribution is 2.26. The quantitative estimate of drug-likeness (QED) is 0.0988. The van der Waals surface area contributed by atoms with Gasteiger partial charge in [-0.3, -0.25) is 0 Å². The molecule has 13 heteroatoms. The molecule has 59 heavy (non-hydrogen) atoms. The number of aryl methyl sites for hydroxylation is 1.